The predicted molar refractivity (Wildman–Crippen MR) is 76.7 cm³/mol. The molecular formula is C15H17N3O3. The Kier molecular flexibility index (Phi) is 3.16. The molecular weight excluding hydrogens is 270 g/mol. The smallest absolute Gasteiger partial charge is 0.313 e. The Hall–Kier alpha value is -2.37. The summed E-state index contributed by atoms with van der Waals surface area (Å²) in [5, 5.41) is 0. The monoisotopic (exact) mass is 287 g/mol. The topological polar surface area (TPSA) is 75.3 Å². The largest absolute Gasteiger partial charge is 0.469 e. The molecule has 0 aliphatic carbocycles. The lowest BCUT2D eigenvalue weighted by molar-refractivity contribution is -0.150. The van der Waals surface area contributed by atoms with E-state index in [4.69, 9.17) is 4.74 Å². The number of likely N-dealkylation sites (tertiary alicyclic amines) is 1. The van der Waals surface area contributed by atoms with Crippen LogP contribution in [0, 0.1) is 5.41 Å². The lowest BCUT2D eigenvalue weighted by Crippen LogP contribution is -2.35. The van der Waals surface area contributed by atoms with Gasteiger partial charge >= 0.3 is 5.97 Å². The van der Waals surface area contributed by atoms with Gasteiger partial charge in [0.25, 0.3) is 5.91 Å². The minimum atomic E-state index is -0.609. The van der Waals surface area contributed by atoms with Crippen LogP contribution in [0.2, 0.25) is 0 Å². The molecule has 2 heterocycles. The van der Waals surface area contributed by atoms with E-state index < -0.39 is 5.41 Å². The highest BCUT2D eigenvalue weighted by Crippen LogP contribution is 2.32. The summed E-state index contributed by atoms with van der Waals surface area (Å²) >= 11 is 0. The van der Waals surface area contributed by atoms with Crippen LogP contribution in [-0.4, -0.2) is 46.9 Å². The number of aromatic nitrogens is 2. The van der Waals surface area contributed by atoms with E-state index in [1.807, 2.05) is 13.0 Å². The molecule has 1 aromatic heterocycles. The van der Waals surface area contributed by atoms with Gasteiger partial charge in [0.1, 0.15) is 0 Å². The highest BCUT2D eigenvalue weighted by atomic mass is 16.5. The lowest BCUT2D eigenvalue weighted by Gasteiger charge is -2.21. The molecule has 110 valence electrons. The van der Waals surface area contributed by atoms with Crippen molar-refractivity contribution in [3.63, 3.8) is 0 Å². The van der Waals surface area contributed by atoms with Gasteiger partial charge < -0.3 is 14.6 Å². The first-order valence-corrected chi connectivity index (χ1v) is 6.84. The second-order valence-electron chi connectivity index (χ2n) is 5.66. The van der Waals surface area contributed by atoms with Crippen molar-refractivity contribution in [2.75, 3.05) is 20.2 Å². The van der Waals surface area contributed by atoms with Crippen molar-refractivity contribution >= 4 is 22.9 Å². The van der Waals surface area contributed by atoms with Crippen molar-refractivity contribution < 1.29 is 14.3 Å². The van der Waals surface area contributed by atoms with E-state index in [9.17, 15) is 9.59 Å². The third-order valence-electron chi connectivity index (χ3n) is 4.11. The van der Waals surface area contributed by atoms with Crippen molar-refractivity contribution in [2.24, 2.45) is 5.41 Å². The summed E-state index contributed by atoms with van der Waals surface area (Å²) in [6.07, 6.45) is 2.22. The van der Waals surface area contributed by atoms with Crippen LogP contribution in [0.15, 0.2) is 24.5 Å². The summed E-state index contributed by atoms with van der Waals surface area (Å²) in [5.74, 6) is -0.332. The van der Waals surface area contributed by atoms with Crippen LogP contribution >= 0.6 is 0 Å². The van der Waals surface area contributed by atoms with Gasteiger partial charge in [0.05, 0.1) is 29.9 Å². The zero-order valence-electron chi connectivity index (χ0n) is 12.0. The Morgan fingerprint density at radius 3 is 3.00 bits per heavy atom. The molecule has 1 saturated heterocycles. The number of carbonyl (C=O) groups is 2. The van der Waals surface area contributed by atoms with Gasteiger partial charge in [-0.1, -0.05) is 0 Å². The number of H-pyrrole nitrogens is 1. The SMILES string of the molecule is COC(=O)[C@@]1(C)CCN(C(=O)c2ccc3nc[nH]c3c2)C1. The number of fused-ring (bicyclic) bond motifs is 1. The molecule has 1 aromatic carbocycles. The van der Waals surface area contributed by atoms with Crippen LogP contribution in [0.1, 0.15) is 23.7 Å². The number of benzene rings is 1. The van der Waals surface area contributed by atoms with Gasteiger partial charge in [-0.15, -0.1) is 0 Å². The molecule has 1 aliphatic heterocycles. The number of hydrogen-bond acceptors (Lipinski definition) is 4. The highest BCUT2D eigenvalue weighted by molar-refractivity contribution is 5.98. The molecule has 21 heavy (non-hydrogen) atoms. The van der Waals surface area contributed by atoms with E-state index in [2.05, 4.69) is 9.97 Å². The van der Waals surface area contributed by atoms with Gasteiger partial charge in [0.15, 0.2) is 0 Å². The van der Waals surface area contributed by atoms with Gasteiger partial charge in [-0.25, -0.2) is 4.98 Å². The molecule has 0 bridgehead atoms. The maximum absolute atomic E-state index is 12.6. The van der Waals surface area contributed by atoms with E-state index in [1.165, 1.54) is 7.11 Å². The molecule has 1 amide bonds. The van der Waals surface area contributed by atoms with Crippen molar-refractivity contribution in [1.82, 2.24) is 14.9 Å². The first-order chi connectivity index (χ1) is 10.0. The Morgan fingerprint density at radius 2 is 2.24 bits per heavy atom. The number of esters is 1. The van der Waals surface area contributed by atoms with Crippen LogP contribution in [-0.2, 0) is 9.53 Å². The molecule has 0 unspecified atom stereocenters. The molecule has 0 spiro atoms. The molecule has 1 atom stereocenters. The van der Waals surface area contributed by atoms with Crippen LogP contribution < -0.4 is 0 Å². The van der Waals surface area contributed by atoms with E-state index in [-0.39, 0.29) is 11.9 Å². The Balaban J connectivity index is 1.81. The van der Waals surface area contributed by atoms with E-state index in [0.29, 0.717) is 25.1 Å². The first kappa shape index (κ1) is 13.6. The van der Waals surface area contributed by atoms with Crippen molar-refractivity contribution in [3.8, 4) is 0 Å². The fourth-order valence-electron chi connectivity index (χ4n) is 2.80. The number of methoxy groups -OCH3 is 1. The van der Waals surface area contributed by atoms with Gasteiger partial charge in [-0.05, 0) is 31.5 Å². The average molecular weight is 287 g/mol. The number of imidazole rings is 1. The number of nitrogens with zero attached hydrogens (tertiary/aromatic N) is 2. The average Bonchev–Trinajstić information content (AvgIpc) is 3.12. The van der Waals surface area contributed by atoms with Gasteiger partial charge in [0, 0.05) is 18.7 Å². The summed E-state index contributed by atoms with van der Waals surface area (Å²) in [6.45, 7) is 2.79. The minimum Gasteiger partial charge on any atom is -0.469 e. The number of nitrogens with one attached hydrogen (secondary N) is 1. The second kappa shape index (κ2) is 4.87. The number of hydrogen-bond donors (Lipinski definition) is 1. The summed E-state index contributed by atoms with van der Waals surface area (Å²) in [6, 6.07) is 5.37. The maximum atomic E-state index is 12.6. The molecule has 1 aliphatic rings. The van der Waals surface area contributed by atoms with Crippen LogP contribution in [0.3, 0.4) is 0 Å². The molecule has 2 aromatic rings. The zero-order valence-corrected chi connectivity index (χ0v) is 12.0. The summed E-state index contributed by atoms with van der Waals surface area (Å²) < 4.78 is 4.83. The number of ether oxygens (including phenoxy) is 1. The summed E-state index contributed by atoms with van der Waals surface area (Å²) in [7, 11) is 1.38. The van der Waals surface area contributed by atoms with E-state index in [1.54, 1.807) is 23.4 Å². The van der Waals surface area contributed by atoms with Crippen LogP contribution in [0.4, 0.5) is 0 Å². The Bertz CT molecular complexity index is 709. The molecule has 1 N–H and O–H groups in total. The second-order valence-corrected chi connectivity index (χ2v) is 5.66. The lowest BCUT2D eigenvalue weighted by atomic mass is 9.90. The number of rotatable bonds is 2. The Labute approximate surface area is 122 Å². The molecule has 6 nitrogen and oxygen atoms in total. The van der Waals surface area contributed by atoms with Crippen molar-refractivity contribution in [2.45, 2.75) is 13.3 Å². The normalized spacial score (nSPS) is 21.7. The fourth-order valence-corrected chi connectivity index (χ4v) is 2.80. The van der Waals surface area contributed by atoms with E-state index in [0.717, 1.165) is 11.0 Å². The number of aromatic amines is 1. The Morgan fingerprint density at radius 1 is 1.43 bits per heavy atom. The van der Waals surface area contributed by atoms with Crippen LogP contribution in [0.5, 0.6) is 0 Å². The van der Waals surface area contributed by atoms with E-state index >= 15 is 0 Å². The first-order valence-electron chi connectivity index (χ1n) is 6.84. The fraction of sp³-hybridized carbons (Fsp3) is 0.400. The molecule has 1 fully saturated rings. The maximum Gasteiger partial charge on any atom is 0.313 e. The molecule has 3 rings (SSSR count). The predicted octanol–water partition coefficient (Wildman–Crippen LogP) is 1.59. The highest BCUT2D eigenvalue weighted by Gasteiger charge is 2.43. The summed E-state index contributed by atoms with van der Waals surface area (Å²) in [4.78, 5) is 33.2. The van der Waals surface area contributed by atoms with Gasteiger partial charge in [-0.3, -0.25) is 9.59 Å². The summed E-state index contributed by atoms with van der Waals surface area (Å²) in [5.41, 5.74) is 1.65. The third kappa shape index (κ3) is 2.26. The number of amides is 1. The number of carbonyl (C=O) groups excluding carboxylic acids is 2. The minimum absolute atomic E-state index is 0.0703. The van der Waals surface area contributed by atoms with Crippen LogP contribution in [0.25, 0.3) is 11.0 Å². The quantitative estimate of drug-likeness (QED) is 0.851. The zero-order chi connectivity index (χ0) is 15.0. The van der Waals surface area contributed by atoms with Gasteiger partial charge in [0.2, 0.25) is 0 Å². The van der Waals surface area contributed by atoms with Crippen molar-refractivity contribution in [3.05, 3.63) is 30.1 Å². The van der Waals surface area contributed by atoms with Gasteiger partial charge in [-0.2, -0.15) is 0 Å². The molecule has 6 heteroatoms. The molecule has 0 saturated carbocycles. The standard InChI is InChI=1S/C15H17N3O3/c1-15(14(20)21-2)5-6-18(8-15)13(19)10-3-4-11-12(7-10)17-9-16-11/h3-4,7,9H,5-6,8H2,1-2H3,(H,16,17)/t15-/m0/s1. The van der Waals surface area contributed by atoms with Crippen molar-refractivity contribution in [1.29, 1.82) is 0 Å². The third-order valence-corrected chi connectivity index (χ3v) is 4.11. The molecule has 0 radical (unpaired) electrons.